The van der Waals surface area contributed by atoms with Gasteiger partial charge in [-0.25, -0.2) is 0 Å². The molecule has 1 aliphatic rings. The van der Waals surface area contributed by atoms with E-state index in [9.17, 15) is 9.59 Å². The maximum atomic E-state index is 9.90. The van der Waals surface area contributed by atoms with Crippen LogP contribution in [0.3, 0.4) is 0 Å². The second-order valence-electron chi connectivity index (χ2n) is 7.52. The summed E-state index contributed by atoms with van der Waals surface area (Å²) in [6.45, 7) is 7.61. The predicted octanol–water partition coefficient (Wildman–Crippen LogP) is 2.20. The molecule has 6 N–H and O–H groups in total. The third-order valence-electron chi connectivity index (χ3n) is 4.00. The lowest BCUT2D eigenvalue weighted by Crippen LogP contribution is -2.45. The molecule has 0 aromatic heterocycles. The summed E-state index contributed by atoms with van der Waals surface area (Å²) in [7, 11) is 0. The van der Waals surface area contributed by atoms with Gasteiger partial charge in [-0.2, -0.15) is 0 Å². The SMILES string of the molecule is CC1(C)CC(N)CC(C)(CN)C1.O=C(O)CCCCC(=O)O. The zero-order valence-electron chi connectivity index (χ0n) is 14.1. The van der Waals surface area contributed by atoms with Gasteiger partial charge in [0.1, 0.15) is 0 Å². The number of carboxylic acid groups (broad SMARTS) is 2. The van der Waals surface area contributed by atoms with Gasteiger partial charge in [0.2, 0.25) is 0 Å². The third kappa shape index (κ3) is 9.73. The Labute approximate surface area is 133 Å². The first-order valence-electron chi connectivity index (χ1n) is 7.89. The molecule has 0 heterocycles. The van der Waals surface area contributed by atoms with Crippen molar-refractivity contribution in [2.45, 2.75) is 71.8 Å². The molecule has 1 fully saturated rings. The molecule has 0 spiro atoms. The van der Waals surface area contributed by atoms with Crippen molar-refractivity contribution in [3.05, 3.63) is 0 Å². The normalized spacial score (nSPS) is 26.7. The molecule has 0 amide bonds. The average Bonchev–Trinajstić information content (AvgIpc) is 2.32. The highest BCUT2D eigenvalue weighted by Gasteiger charge is 2.38. The molecule has 0 saturated heterocycles. The number of hydrogen-bond donors (Lipinski definition) is 4. The average molecular weight is 316 g/mol. The molecule has 1 saturated carbocycles. The van der Waals surface area contributed by atoms with Crippen molar-refractivity contribution in [3.63, 3.8) is 0 Å². The highest BCUT2D eigenvalue weighted by atomic mass is 16.4. The molecule has 22 heavy (non-hydrogen) atoms. The van der Waals surface area contributed by atoms with Crippen LogP contribution in [0.15, 0.2) is 0 Å². The number of carboxylic acids is 2. The molecule has 6 nitrogen and oxygen atoms in total. The van der Waals surface area contributed by atoms with Gasteiger partial charge in [0, 0.05) is 18.9 Å². The van der Waals surface area contributed by atoms with Crippen molar-refractivity contribution in [2.75, 3.05) is 6.54 Å². The lowest BCUT2D eigenvalue weighted by molar-refractivity contribution is -0.139. The molecule has 0 aliphatic heterocycles. The van der Waals surface area contributed by atoms with Crippen LogP contribution in [-0.2, 0) is 9.59 Å². The van der Waals surface area contributed by atoms with Gasteiger partial charge in [0.05, 0.1) is 0 Å². The van der Waals surface area contributed by atoms with Gasteiger partial charge in [-0.3, -0.25) is 9.59 Å². The highest BCUT2D eigenvalue weighted by Crippen LogP contribution is 2.44. The van der Waals surface area contributed by atoms with Crippen LogP contribution >= 0.6 is 0 Å². The zero-order valence-corrected chi connectivity index (χ0v) is 14.1. The number of unbranched alkanes of at least 4 members (excludes halogenated alkanes) is 1. The quantitative estimate of drug-likeness (QED) is 0.556. The summed E-state index contributed by atoms with van der Waals surface area (Å²) in [4.78, 5) is 19.8. The molecule has 2 atom stereocenters. The second kappa shape index (κ2) is 9.10. The van der Waals surface area contributed by atoms with E-state index in [1.165, 1.54) is 6.42 Å². The maximum absolute atomic E-state index is 9.90. The van der Waals surface area contributed by atoms with Crippen LogP contribution < -0.4 is 11.5 Å². The number of hydrogen-bond acceptors (Lipinski definition) is 4. The predicted molar refractivity (Wildman–Crippen MR) is 86.5 cm³/mol. The van der Waals surface area contributed by atoms with Crippen LogP contribution in [0.1, 0.15) is 65.7 Å². The fourth-order valence-corrected chi connectivity index (χ4v) is 3.42. The largest absolute Gasteiger partial charge is 0.481 e. The molecule has 0 bridgehead atoms. The minimum Gasteiger partial charge on any atom is -0.481 e. The minimum atomic E-state index is -0.870. The summed E-state index contributed by atoms with van der Waals surface area (Å²) < 4.78 is 0. The zero-order chi connectivity index (χ0) is 17.4. The van der Waals surface area contributed by atoms with E-state index in [1.807, 2.05) is 0 Å². The van der Waals surface area contributed by atoms with Crippen molar-refractivity contribution in [1.29, 1.82) is 0 Å². The van der Waals surface area contributed by atoms with Gasteiger partial charge in [0.15, 0.2) is 0 Å². The molecule has 2 unspecified atom stereocenters. The monoisotopic (exact) mass is 316 g/mol. The van der Waals surface area contributed by atoms with E-state index in [0.717, 1.165) is 19.4 Å². The van der Waals surface area contributed by atoms with Crippen molar-refractivity contribution in [1.82, 2.24) is 0 Å². The van der Waals surface area contributed by atoms with Crippen molar-refractivity contribution in [3.8, 4) is 0 Å². The lowest BCUT2D eigenvalue weighted by atomic mass is 9.63. The molecule has 0 aromatic rings. The third-order valence-corrected chi connectivity index (χ3v) is 4.00. The van der Waals surface area contributed by atoms with E-state index in [2.05, 4.69) is 20.8 Å². The van der Waals surface area contributed by atoms with Gasteiger partial charge in [-0.1, -0.05) is 20.8 Å². The summed E-state index contributed by atoms with van der Waals surface area (Å²) >= 11 is 0. The number of carbonyl (C=O) groups is 2. The van der Waals surface area contributed by atoms with Crippen LogP contribution in [0.25, 0.3) is 0 Å². The van der Waals surface area contributed by atoms with Crippen molar-refractivity contribution < 1.29 is 19.8 Å². The van der Waals surface area contributed by atoms with E-state index in [-0.39, 0.29) is 18.3 Å². The van der Waals surface area contributed by atoms with Gasteiger partial charge in [0.25, 0.3) is 0 Å². The molecule has 1 rings (SSSR count). The van der Waals surface area contributed by atoms with Crippen LogP contribution in [-0.4, -0.2) is 34.7 Å². The first-order valence-corrected chi connectivity index (χ1v) is 7.89. The summed E-state index contributed by atoms with van der Waals surface area (Å²) in [5.41, 5.74) is 12.4. The van der Waals surface area contributed by atoms with E-state index in [4.69, 9.17) is 21.7 Å². The standard InChI is InChI=1S/C10H22N2.C6H10O4/c1-9(2)4-8(12)5-10(3,6-9)7-11;7-5(8)3-1-2-4-6(9)10/h8H,4-7,11-12H2,1-3H3;1-4H2,(H,7,8)(H,9,10). The Morgan fingerprint density at radius 2 is 1.50 bits per heavy atom. The van der Waals surface area contributed by atoms with E-state index < -0.39 is 11.9 Å². The summed E-state index contributed by atoms with van der Waals surface area (Å²) in [5.74, 6) is -1.74. The van der Waals surface area contributed by atoms with Gasteiger partial charge < -0.3 is 21.7 Å². The molecule has 0 radical (unpaired) electrons. The Balaban J connectivity index is 0.000000409. The summed E-state index contributed by atoms with van der Waals surface area (Å²) in [5, 5.41) is 16.3. The topological polar surface area (TPSA) is 127 Å². The van der Waals surface area contributed by atoms with Gasteiger partial charge >= 0.3 is 11.9 Å². The highest BCUT2D eigenvalue weighted by molar-refractivity contribution is 5.67. The second-order valence-corrected chi connectivity index (χ2v) is 7.52. The van der Waals surface area contributed by atoms with Crippen molar-refractivity contribution >= 4 is 11.9 Å². The molecular weight excluding hydrogens is 284 g/mol. The molecule has 130 valence electrons. The maximum Gasteiger partial charge on any atom is 0.303 e. The Morgan fingerprint density at radius 1 is 1.05 bits per heavy atom. The summed E-state index contributed by atoms with van der Waals surface area (Å²) in [6.07, 6.45) is 4.46. The minimum absolute atomic E-state index is 0.0628. The smallest absolute Gasteiger partial charge is 0.303 e. The first-order chi connectivity index (χ1) is 9.99. The van der Waals surface area contributed by atoms with Crippen LogP contribution in [0.4, 0.5) is 0 Å². The van der Waals surface area contributed by atoms with E-state index in [1.54, 1.807) is 0 Å². The fraction of sp³-hybridized carbons (Fsp3) is 0.875. The Kier molecular flexibility index (Phi) is 8.63. The van der Waals surface area contributed by atoms with Crippen molar-refractivity contribution in [2.24, 2.45) is 22.3 Å². The van der Waals surface area contributed by atoms with Crippen LogP contribution in [0.2, 0.25) is 0 Å². The van der Waals surface area contributed by atoms with Gasteiger partial charge in [-0.15, -0.1) is 0 Å². The fourth-order valence-electron chi connectivity index (χ4n) is 3.42. The summed E-state index contributed by atoms with van der Waals surface area (Å²) in [6, 6.07) is 0.349. The molecular formula is C16H32N2O4. The van der Waals surface area contributed by atoms with E-state index >= 15 is 0 Å². The molecule has 0 aromatic carbocycles. The Bertz CT molecular complexity index is 355. The van der Waals surface area contributed by atoms with Crippen LogP contribution in [0.5, 0.6) is 0 Å². The number of nitrogens with two attached hydrogens (primary N) is 2. The Morgan fingerprint density at radius 3 is 1.82 bits per heavy atom. The van der Waals surface area contributed by atoms with Crippen LogP contribution in [0, 0.1) is 10.8 Å². The molecule has 6 heteroatoms. The van der Waals surface area contributed by atoms with E-state index in [0.29, 0.717) is 24.3 Å². The molecule has 1 aliphatic carbocycles. The first kappa shape index (κ1) is 20.9. The Hall–Kier alpha value is -1.14. The lowest BCUT2D eigenvalue weighted by Gasteiger charge is -2.45. The van der Waals surface area contributed by atoms with Gasteiger partial charge in [-0.05, 0) is 49.5 Å². The number of rotatable bonds is 6. The number of aliphatic carboxylic acids is 2.